The number of hydrogen-bond acceptors (Lipinski definition) is 6. The summed E-state index contributed by atoms with van der Waals surface area (Å²) in [6, 6.07) is 17.6. The van der Waals surface area contributed by atoms with Crippen LogP contribution in [0.15, 0.2) is 60.8 Å². The van der Waals surface area contributed by atoms with Crippen molar-refractivity contribution in [2.75, 3.05) is 22.1 Å². The summed E-state index contributed by atoms with van der Waals surface area (Å²) in [5.41, 5.74) is 2.78. The van der Waals surface area contributed by atoms with E-state index in [9.17, 15) is 4.79 Å². The highest BCUT2D eigenvalue weighted by molar-refractivity contribution is 5.88. The zero-order chi connectivity index (χ0) is 19.1. The van der Waals surface area contributed by atoms with Gasteiger partial charge in [-0.1, -0.05) is 30.3 Å². The normalized spacial score (nSPS) is 10.3. The molecule has 27 heavy (non-hydrogen) atoms. The van der Waals surface area contributed by atoms with Crippen molar-refractivity contribution in [2.24, 2.45) is 0 Å². The maximum absolute atomic E-state index is 11.1. The topological polar surface area (TPSA) is 83.0 Å². The van der Waals surface area contributed by atoms with Crippen LogP contribution >= 0.6 is 0 Å². The van der Waals surface area contributed by atoms with E-state index in [-0.39, 0.29) is 5.91 Å². The molecule has 0 saturated carbocycles. The lowest BCUT2D eigenvalue weighted by Gasteiger charge is -2.20. The number of rotatable bonds is 7. The summed E-state index contributed by atoms with van der Waals surface area (Å²) in [6.45, 7) is 5.03. The first-order chi connectivity index (χ1) is 13.1. The molecule has 0 aliphatic carbocycles. The Morgan fingerprint density at radius 3 is 2.41 bits per heavy atom. The molecule has 0 aliphatic heterocycles. The van der Waals surface area contributed by atoms with Crippen LogP contribution in [0.4, 0.5) is 23.1 Å². The molecule has 0 atom stereocenters. The molecule has 0 bridgehead atoms. The average molecular weight is 362 g/mol. The van der Waals surface area contributed by atoms with Crippen LogP contribution in [-0.4, -0.2) is 27.6 Å². The fourth-order valence-corrected chi connectivity index (χ4v) is 2.60. The minimum Gasteiger partial charge on any atom is -0.339 e. The Balaban J connectivity index is 1.71. The Hall–Kier alpha value is -3.48. The predicted octanol–water partition coefficient (Wildman–Crippen LogP) is 3.60. The van der Waals surface area contributed by atoms with E-state index in [1.807, 2.05) is 42.5 Å². The van der Waals surface area contributed by atoms with Crippen molar-refractivity contribution >= 4 is 29.0 Å². The second-order valence-corrected chi connectivity index (χ2v) is 6.02. The van der Waals surface area contributed by atoms with Crippen molar-refractivity contribution in [2.45, 2.75) is 20.4 Å². The third-order valence-corrected chi connectivity index (χ3v) is 3.91. The van der Waals surface area contributed by atoms with Crippen molar-refractivity contribution in [1.82, 2.24) is 15.2 Å². The molecule has 1 amide bonds. The third kappa shape index (κ3) is 5.24. The Morgan fingerprint density at radius 1 is 1.04 bits per heavy atom. The van der Waals surface area contributed by atoms with Crippen molar-refractivity contribution in [3.8, 4) is 0 Å². The van der Waals surface area contributed by atoms with Crippen LogP contribution in [0.3, 0.4) is 0 Å². The summed E-state index contributed by atoms with van der Waals surface area (Å²) in [7, 11) is 0. The molecule has 0 aliphatic rings. The Labute approximate surface area is 158 Å². The Bertz CT molecular complexity index is 882. The van der Waals surface area contributed by atoms with Gasteiger partial charge >= 0.3 is 0 Å². The van der Waals surface area contributed by atoms with E-state index in [1.165, 1.54) is 12.5 Å². The molecular weight excluding hydrogens is 340 g/mol. The quantitative estimate of drug-likeness (QED) is 0.668. The average Bonchev–Trinajstić information content (AvgIpc) is 2.68. The highest BCUT2D eigenvalue weighted by Gasteiger charge is 2.10. The molecule has 0 saturated heterocycles. The van der Waals surface area contributed by atoms with E-state index in [1.54, 1.807) is 6.20 Å². The number of nitrogens with one attached hydrogen (secondary N) is 2. The lowest BCUT2D eigenvalue weighted by atomic mass is 10.2. The van der Waals surface area contributed by atoms with Crippen molar-refractivity contribution < 1.29 is 4.79 Å². The number of anilines is 4. The monoisotopic (exact) mass is 362 g/mol. The SMILES string of the molecule is CCN(Cc1ccccc1)c1nncc(Nc2ccc(NC(C)=O)cc2)n1. The summed E-state index contributed by atoms with van der Waals surface area (Å²) >= 11 is 0. The number of benzene rings is 2. The summed E-state index contributed by atoms with van der Waals surface area (Å²) in [4.78, 5) is 17.7. The zero-order valence-corrected chi connectivity index (χ0v) is 15.4. The van der Waals surface area contributed by atoms with Crippen LogP contribution in [0.5, 0.6) is 0 Å². The van der Waals surface area contributed by atoms with Crippen LogP contribution in [0, 0.1) is 0 Å². The molecule has 2 aromatic carbocycles. The number of aromatic nitrogens is 3. The van der Waals surface area contributed by atoms with E-state index in [0.29, 0.717) is 18.3 Å². The van der Waals surface area contributed by atoms with Gasteiger partial charge < -0.3 is 15.5 Å². The van der Waals surface area contributed by atoms with Gasteiger partial charge in [0.25, 0.3) is 0 Å². The Kier molecular flexibility index (Phi) is 5.94. The first kappa shape index (κ1) is 18.3. The highest BCUT2D eigenvalue weighted by Crippen LogP contribution is 2.19. The molecule has 3 rings (SSSR count). The number of nitrogens with zero attached hydrogens (tertiary/aromatic N) is 4. The van der Waals surface area contributed by atoms with E-state index in [2.05, 4.69) is 49.8 Å². The number of hydrogen-bond donors (Lipinski definition) is 2. The smallest absolute Gasteiger partial charge is 0.247 e. The maximum atomic E-state index is 11.1. The second kappa shape index (κ2) is 8.75. The number of carbonyl (C=O) groups excluding carboxylic acids is 1. The molecule has 7 heteroatoms. The summed E-state index contributed by atoms with van der Waals surface area (Å²) in [5.74, 6) is 1.08. The first-order valence-electron chi connectivity index (χ1n) is 8.77. The molecule has 0 fully saturated rings. The lowest BCUT2D eigenvalue weighted by molar-refractivity contribution is -0.114. The molecule has 2 N–H and O–H groups in total. The van der Waals surface area contributed by atoms with Crippen LogP contribution in [0.2, 0.25) is 0 Å². The molecule has 0 spiro atoms. The largest absolute Gasteiger partial charge is 0.339 e. The van der Waals surface area contributed by atoms with E-state index in [0.717, 1.165) is 17.9 Å². The van der Waals surface area contributed by atoms with Gasteiger partial charge in [0.05, 0.1) is 6.20 Å². The maximum Gasteiger partial charge on any atom is 0.247 e. The second-order valence-electron chi connectivity index (χ2n) is 6.02. The molecule has 3 aromatic rings. The predicted molar refractivity (Wildman–Crippen MR) is 107 cm³/mol. The van der Waals surface area contributed by atoms with Crippen LogP contribution in [0.25, 0.3) is 0 Å². The van der Waals surface area contributed by atoms with Gasteiger partial charge in [-0.05, 0) is 36.8 Å². The number of carbonyl (C=O) groups is 1. The van der Waals surface area contributed by atoms with Gasteiger partial charge in [0.1, 0.15) is 0 Å². The summed E-state index contributed by atoms with van der Waals surface area (Å²) < 4.78 is 0. The minimum absolute atomic E-state index is 0.0987. The van der Waals surface area contributed by atoms with Crippen molar-refractivity contribution in [3.63, 3.8) is 0 Å². The van der Waals surface area contributed by atoms with Crippen LogP contribution in [-0.2, 0) is 11.3 Å². The summed E-state index contributed by atoms with van der Waals surface area (Å²) in [6.07, 6.45) is 1.58. The van der Waals surface area contributed by atoms with Gasteiger partial charge in [-0.2, -0.15) is 10.1 Å². The van der Waals surface area contributed by atoms with Crippen molar-refractivity contribution in [3.05, 3.63) is 66.4 Å². The zero-order valence-electron chi connectivity index (χ0n) is 15.4. The van der Waals surface area contributed by atoms with E-state index < -0.39 is 0 Å². The molecule has 7 nitrogen and oxygen atoms in total. The van der Waals surface area contributed by atoms with Gasteiger partial charge in [-0.15, -0.1) is 5.10 Å². The standard InChI is InChI=1S/C20H22N6O/c1-3-26(14-16-7-5-4-6-8-16)20-24-19(13-21-25-20)23-18-11-9-17(10-12-18)22-15(2)27/h4-13H,3,14H2,1-2H3,(H,22,27)(H,23,24,25). The van der Waals surface area contributed by atoms with Gasteiger partial charge in [0.2, 0.25) is 11.9 Å². The molecule has 138 valence electrons. The number of amides is 1. The molecule has 1 heterocycles. The fourth-order valence-electron chi connectivity index (χ4n) is 2.60. The first-order valence-corrected chi connectivity index (χ1v) is 8.77. The molecular formula is C20H22N6O. The molecule has 1 aromatic heterocycles. The third-order valence-electron chi connectivity index (χ3n) is 3.91. The van der Waals surface area contributed by atoms with Crippen LogP contribution < -0.4 is 15.5 Å². The van der Waals surface area contributed by atoms with E-state index in [4.69, 9.17) is 0 Å². The van der Waals surface area contributed by atoms with Gasteiger partial charge in [-0.3, -0.25) is 4.79 Å². The van der Waals surface area contributed by atoms with Crippen molar-refractivity contribution in [1.29, 1.82) is 0 Å². The van der Waals surface area contributed by atoms with Gasteiger partial charge in [0.15, 0.2) is 5.82 Å². The van der Waals surface area contributed by atoms with Gasteiger partial charge in [0, 0.05) is 31.4 Å². The molecule has 0 radical (unpaired) electrons. The fraction of sp³-hybridized carbons (Fsp3) is 0.200. The lowest BCUT2D eigenvalue weighted by Crippen LogP contribution is -2.24. The molecule has 0 unspecified atom stereocenters. The Morgan fingerprint density at radius 2 is 1.74 bits per heavy atom. The van der Waals surface area contributed by atoms with Gasteiger partial charge in [-0.25, -0.2) is 0 Å². The summed E-state index contributed by atoms with van der Waals surface area (Å²) in [5, 5.41) is 14.2. The minimum atomic E-state index is -0.0987. The van der Waals surface area contributed by atoms with E-state index >= 15 is 0 Å². The highest BCUT2D eigenvalue weighted by atomic mass is 16.1. The van der Waals surface area contributed by atoms with Crippen LogP contribution in [0.1, 0.15) is 19.4 Å².